The Kier molecular flexibility index (Phi) is 12.7. The molecule has 0 spiro atoms. The minimum atomic E-state index is -1.65. The number of rotatable bonds is 14. The summed E-state index contributed by atoms with van der Waals surface area (Å²) in [6.45, 7) is 3.72. The number of aliphatic hydroxyl groups excluding tert-OH is 5. The van der Waals surface area contributed by atoms with Gasteiger partial charge in [-0.3, -0.25) is 9.69 Å². The fourth-order valence-electron chi connectivity index (χ4n) is 5.44. The third-order valence-electron chi connectivity index (χ3n) is 8.16. The Hall–Kier alpha value is -2.65. The molecular weight excluding hydrogens is 580 g/mol. The quantitative estimate of drug-likeness (QED) is 0.175. The zero-order valence-electron chi connectivity index (χ0n) is 24.3. The summed E-state index contributed by atoms with van der Waals surface area (Å²) >= 11 is 5.88. The third-order valence-corrected chi connectivity index (χ3v) is 8.35. The van der Waals surface area contributed by atoms with Crippen molar-refractivity contribution in [3.63, 3.8) is 0 Å². The second-order valence-electron chi connectivity index (χ2n) is 11.3. The van der Waals surface area contributed by atoms with Crippen LogP contribution in [0.4, 0.5) is 5.95 Å². The molecule has 5 N–H and O–H groups in total. The number of carbonyl (C=O) groups excluding carboxylic acids is 1. The maximum atomic E-state index is 12.8. The summed E-state index contributed by atoms with van der Waals surface area (Å²) in [4.78, 5) is 31.6. The van der Waals surface area contributed by atoms with E-state index in [4.69, 9.17) is 21.4 Å². The number of β-amino-alcohol motifs (C(OH)–C–C–N with tert-alkyl or cyclic N) is 1. The third kappa shape index (κ3) is 9.93. The van der Waals surface area contributed by atoms with Crippen molar-refractivity contribution in [2.24, 2.45) is 5.92 Å². The van der Waals surface area contributed by atoms with Gasteiger partial charge in [0.1, 0.15) is 18.3 Å². The molecule has 238 valence electrons. The van der Waals surface area contributed by atoms with Crippen molar-refractivity contribution < 1.29 is 35.1 Å². The fraction of sp³-hybridized carbons (Fsp3) is 0.655. The highest BCUT2D eigenvalue weighted by atomic mass is 35.5. The number of ether oxygens (including phenoxy) is 1. The molecule has 2 aliphatic heterocycles. The second-order valence-corrected chi connectivity index (χ2v) is 11.7. The van der Waals surface area contributed by atoms with Crippen molar-refractivity contribution in [1.82, 2.24) is 24.8 Å². The summed E-state index contributed by atoms with van der Waals surface area (Å²) in [5, 5.41) is 48.9. The largest absolute Gasteiger partial charge is 0.478 e. The Bertz CT molecular complexity index is 1120. The average Bonchev–Trinajstić information content (AvgIpc) is 3.03. The average molecular weight is 623 g/mol. The van der Waals surface area contributed by atoms with E-state index in [2.05, 4.69) is 19.9 Å². The smallest absolute Gasteiger partial charge is 0.227 e. The molecular formula is C29H43ClN6O7. The highest BCUT2D eigenvalue weighted by Crippen LogP contribution is 2.24. The summed E-state index contributed by atoms with van der Waals surface area (Å²) in [6.07, 6.45) is 3.27. The van der Waals surface area contributed by atoms with Crippen molar-refractivity contribution in [1.29, 1.82) is 0 Å². The molecule has 0 saturated carbocycles. The Morgan fingerprint density at radius 2 is 1.60 bits per heavy atom. The van der Waals surface area contributed by atoms with Crippen molar-refractivity contribution >= 4 is 23.5 Å². The monoisotopic (exact) mass is 622 g/mol. The number of hydrogen-bond donors (Lipinski definition) is 5. The van der Waals surface area contributed by atoms with Gasteiger partial charge < -0.3 is 40.1 Å². The molecule has 0 unspecified atom stereocenters. The van der Waals surface area contributed by atoms with E-state index in [1.54, 1.807) is 29.6 Å². The SMILES string of the molecule is O=C(Cc1ccc(OCCCC2CCN(c3ncc(Cl)cn3)CC2)nc1)N1CCN(C[C@H](O)[C@@H](O)[C@H](O)[C@H](O)CO)CC1. The first-order chi connectivity index (χ1) is 20.7. The number of carbonyl (C=O) groups is 1. The number of piperidine rings is 1. The molecule has 2 aliphatic rings. The Morgan fingerprint density at radius 3 is 2.23 bits per heavy atom. The van der Waals surface area contributed by atoms with Crippen molar-refractivity contribution in [3.8, 4) is 5.88 Å². The fourth-order valence-corrected chi connectivity index (χ4v) is 5.54. The van der Waals surface area contributed by atoms with E-state index in [1.807, 2.05) is 11.0 Å². The predicted molar refractivity (Wildman–Crippen MR) is 159 cm³/mol. The van der Waals surface area contributed by atoms with Gasteiger partial charge in [0, 0.05) is 58.1 Å². The molecule has 4 rings (SSSR count). The Morgan fingerprint density at radius 1 is 0.930 bits per heavy atom. The number of nitrogens with zero attached hydrogens (tertiary/aromatic N) is 6. The first-order valence-electron chi connectivity index (χ1n) is 14.9. The molecule has 2 saturated heterocycles. The Balaban J connectivity index is 1.09. The van der Waals surface area contributed by atoms with Crippen LogP contribution in [0.3, 0.4) is 0 Å². The number of anilines is 1. The van der Waals surface area contributed by atoms with Gasteiger partial charge in [-0.1, -0.05) is 17.7 Å². The van der Waals surface area contributed by atoms with Crippen molar-refractivity contribution in [2.75, 3.05) is 63.9 Å². The minimum absolute atomic E-state index is 0.0223. The first kappa shape index (κ1) is 33.2. The molecule has 13 nitrogen and oxygen atoms in total. The van der Waals surface area contributed by atoms with E-state index in [0.29, 0.717) is 49.6 Å². The summed E-state index contributed by atoms with van der Waals surface area (Å²) in [5.41, 5.74) is 0.797. The van der Waals surface area contributed by atoms with Gasteiger partial charge in [0.2, 0.25) is 17.7 Å². The van der Waals surface area contributed by atoms with Gasteiger partial charge in [-0.2, -0.15) is 0 Å². The van der Waals surface area contributed by atoms with Crippen LogP contribution in [0.1, 0.15) is 31.2 Å². The van der Waals surface area contributed by atoms with Gasteiger partial charge in [-0.25, -0.2) is 15.0 Å². The first-order valence-corrected chi connectivity index (χ1v) is 15.2. The van der Waals surface area contributed by atoms with Crippen LogP contribution in [0.2, 0.25) is 5.02 Å². The van der Waals surface area contributed by atoms with Gasteiger partial charge in [-0.15, -0.1) is 0 Å². The molecule has 4 heterocycles. The molecule has 1 amide bonds. The highest BCUT2D eigenvalue weighted by Gasteiger charge is 2.32. The van der Waals surface area contributed by atoms with Crippen LogP contribution < -0.4 is 9.64 Å². The molecule has 43 heavy (non-hydrogen) atoms. The van der Waals surface area contributed by atoms with E-state index in [0.717, 1.165) is 50.3 Å². The van der Waals surface area contributed by atoms with E-state index >= 15 is 0 Å². The number of aromatic nitrogens is 3. The predicted octanol–water partition coefficient (Wildman–Crippen LogP) is -0.277. The number of piperazine rings is 1. The van der Waals surface area contributed by atoms with E-state index in [9.17, 15) is 25.2 Å². The maximum Gasteiger partial charge on any atom is 0.227 e. The molecule has 0 radical (unpaired) electrons. The van der Waals surface area contributed by atoms with Gasteiger partial charge in [-0.05, 0) is 37.2 Å². The van der Waals surface area contributed by atoms with Crippen LogP contribution in [-0.2, 0) is 11.2 Å². The summed E-state index contributed by atoms with van der Waals surface area (Å²) in [6, 6.07) is 3.65. The standard InChI is InChI=1S/C29H43ClN6O7/c30-22-16-32-29(33-17-22)36-7-5-20(6-8-36)2-1-13-43-25-4-3-21(15-31-25)14-26(40)35-11-9-34(10-12-35)18-23(38)27(41)28(42)24(39)19-37/h3-4,15-17,20,23-24,27-28,37-39,41-42H,1-2,5-14,18-19H2/t23-,24+,27+,28+/m0/s1. The number of hydrogen-bond acceptors (Lipinski definition) is 12. The van der Waals surface area contributed by atoms with Gasteiger partial charge in [0.05, 0.1) is 43.2 Å². The number of amides is 1. The van der Waals surface area contributed by atoms with Crippen LogP contribution in [0, 0.1) is 5.92 Å². The molecule has 2 fully saturated rings. The molecule has 0 aliphatic carbocycles. The lowest BCUT2D eigenvalue weighted by atomic mass is 9.92. The number of aliphatic hydroxyl groups is 5. The molecule has 2 aromatic heterocycles. The topological polar surface area (TPSA) is 176 Å². The lowest BCUT2D eigenvalue weighted by Crippen LogP contribution is -2.54. The van der Waals surface area contributed by atoms with Crippen molar-refractivity contribution in [3.05, 3.63) is 41.3 Å². The van der Waals surface area contributed by atoms with Gasteiger partial charge in [0.25, 0.3) is 0 Å². The highest BCUT2D eigenvalue weighted by molar-refractivity contribution is 6.30. The summed E-state index contributed by atoms with van der Waals surface area (Å²) in [7, 11) is 0. The van der Waals surface area contributed by atoms with Crippen LogP contribution in [0.5, 0.6) is 5.88 Å². The lowest BCUT2D eigenvalue weighted by molar-refractivity contribution is -0.134. The minimum Gasteiger partial charge on any atom is -0.478 e. The molecule has 14 heteroatoms. The number of pyridine rings is 1. The zero-order chi connectivity index (χ0) is 30.8. The number of halogens is 1. The maximum absolute atomic E-state index is 12.8. The van der Waals surface area contributed by atoms with Crippen LogP contribution in [0.25, 0.3) is 0 Å². The molecule has 4 atom stereocenters. The molecule has 0 bridgehead atoms. The molecule has 0 aromatic carbocycles. The van der Waals surface area contributed by atoms with E-state index < -0.39 is 31.0 Å². The van der Waals surface area contributed by atoms with Gasteiger partial charge >= 0.3 is 0 Å². The zero-order valence-corrected chi connectivity index (χ0v) is 25.0. The summed E-state index contributed by atoms with van der Waals surface area (Å²) < 4.78 is 5.83. The Labute approximate surface area is 256 Å². The van der Waals surface area contributed by atoms with Crippen LogP contribution in [0.15, 0.2) is 30.7 Å². The lowest BCUT2D eigenvalue weighted by Gasteiger charge is -2.37. The molecule has 2 aromatic rings. The van der Waals surface area contributed by atoms with Crippen molar-refractivity contribution in [2.45, 2.75) is 56.5 Å². The van der Waals surface area contributed by atoms with E-state index in [-0.39, 0.29) is 18.9 Å². The second kappa shape index (κ2) is 16.4. The van der Waals surface area contributed by atoms with Crippen LogP contribution in [-0.4, -0.2) is 140 Å². The van der Waals surface area contributed by atoms with Gasteiger partial charge in [0.15, 0.2) is 0 Å². The normalized spacial score (nSPS) is 19.6. The van der Waals surface area contributed by atoms with E-state index in [1.165, 1.54) is 0 Å². The summed E-state index contributed by atoms with van der Waals surface area (Å²) in [5.74, 6) is 1.89. The van der Waals surface area contributed by atoms with Crippen LogP contribution >= 0.6 is 11.6 Å².